The van der Waals surface area contributed by atoms with Gasteiger partial charge in [0.2, 0.25) is 10.0 Å². The lowest BCUT2D eigenvalue weighted by atomic mass is 10.1. The minimum atomic E-state index is -3.76. The van der Waals surface area contributed by atoms with E-state index in [-0.39, 0.29) is 16.6 Å². The third-order valence-electron chi connectivity index (χ3n) is 3.06. The first-order valence-electron chi connectivity index (χ1n) is 6.52. The lowest BCUT2D eigenvalue weighted by Crippen LogP contribution is -2.25. The van der Waals surface area contributed by atoms with E-state index in [2.05, 4.69) is 5.32 Å². The van der Waals surface area contributed by atoms with Gasteiger partial charge in [0.25, 0.3) is 5.91 Å². The number of hydrogen-bond acceptors (Lipinski definition) is 3. The minimum absolute atomic E-state index is 0.0460. The molecule has 0 unspecified atom stereocenters. The topological polar surface area (TPSA) is 89.3 Å². The van der Waals surface area contributed by atoms with Crippen molar-refractivity contribution in [2.24, 2.45) is 5.14 Å². The van der Waals surface area contributed by atoms with E-state index in [9.17, 15) is 17.6 Å². The standard InChI is InChI=1S/C15H15FN2O3S/c16-13-5-1-11(2-6-13)9-10-18-15(19)12-3-7-14(8-4-12)22(17,20)21/h1-8H,9-10H2,(H,18,19)(H2,17,20,21). The summed E-state index contributed by atoms with van der Waals surface area (Å²) >= 11 is 0. The fourth-order valence-electron chi connectivity index (χ4n) is 1.87. The smallest absolute Gasteiger partial charge is 0.251 e. The van der Waals surface area contributed by atoms with Crippen LogP contribution >= 0.6 is 0 Å². The summed E-state index contributed by atoms with van der Waals surface area (Å²) in [5, 5.41) is 7.69. The quantitative estimate of drug-likeness (QED) is 0.873. The van der Waals surface area contributed by atoms with E-state index in [1.54, 1.807) is 12.1 Å². The number of carbonyl (C=O) groups is 1. The second-order valence-electron chi connectivity index (χ2n) is 4.70. The van der Waals surface area contributed by atoms with E-state index in [1.807, 2.05) is 0 Å². The molecule has 0 spiro atoms. The van der Waals surface area contributed by atoms with Crippen LogP contribution in [0.1, 0.15) is 15.9 Å². The van der Waals surface area contributed by atoms with E-state index < -0.39 is 10.0 Å². The molecule has 3 N–H and O–H groups in total. The molecule has 2 aromatic carbocycles. The second kappa shape index (κ2) is 6.67. The number of rotatable bonds is 5. The minimum Gasteiger partial charge on any atom is -0.352 e. The molecule has 0 atom stereocenters. The Labute approximate surface area is 128 Å². The molecule has 0 radical (unpaired) electrons. The van der Waals surface area contributed by atoms with Gasteiger partial charge in [-0.15, -0.1) is 0 Å². The highest BCUT2D eigenvalue weighted by Gasteiger charge is 2.09. The van der Waals surface area contributed by atoms with Crippen LogP contribution in [-0.2, 0) is 16.4 Å². The van der Waals surface area contributed by atoms with Crippen molar-refractivity contribution < 1.29 is 17.6 Å². The molecule has 0 saturated heterocycles. The predicted octanol–water partition coefficient (Wildman–Crippen LogP) is 1.45. The summed E-state index contributed by atoms with van der Waals surface area (Å²) in [4.78, 5) is 11.9. The van der Waals surface area contributed by atoms with Gasteiger partial charge in [0.1, 0.15) is 5.82 Å². The fourth-order valence-corrected chi connectivity index (χ4v) is 2.38. The Bertz CT molecular complexity index is 756. The summed E-state index contributed by atoms with van der Waals surface area (Å²) < 4.78 is 35.0. The summed E-state index contributed by atoms with van der Waals surface area (Å²) in [5.41, 5.74) is 1.25. The highest BCUT2D eigenvalue weighted by Crippen LogP contribution is 2.09. The van der Waals surface area contributed by atoms with Gasteiger partial charge in [0.05, 0.1) is 4.90 Å². The number of nitrogens with one attached hydrogen (secondary N) is 1. The van der Waals surface area contributed by atoms with Crippen LogP contribution in [0.25, 0.3) is 0 Å². The third-order valence-corrected chi connectivity index (χ3v) is 3.99. The van der Waals surface area contributed by atoms with Crippen LogP contribution in [0.5, 0.6) is 0 Å². The van der Waals surface area contributed by atoms with Gasteiger partial charge in [-0.2, -0.15) is 0 Å². The average molecular weight is 322 g/mol. The van der Waals surface area contributed by atoms with Gasteiger partial charge in [-0.3, -0.25) is 4.79 Å². The van der Waals surface area contributed by atoms with Crippen LogP contribution in [0.15, 0.2) is 53.4 Å². The lowest BCUT2D eigenvalue weighted by molar-refractivity contribution is 0.0954. The number of amides is 1. The molecule has 0 aromatic heterocycles. The van der Waals surface area contributed by atoms with E-state index in [4.69, 9.17) is 5.14 Å². The molecule has 0 fully saturated rings. The Kier molecular flexibility index (Phi) is 4.89. The van der Waals surface area contributed by atoms with Gasteiger partial charge >= 0.3 is 0 Å². The maximum absolute atomic E-state index is 12.8. The molecule has 2 aromatic rings. The number of primary sulfonamides is 1. The zero-order chi connectivity index (χ0) is 16.2. The zero-order valence-corrected chi connectivity index (χ0v) is 12.4. The Morgan fingerprint density at radius 1 is 1.05 bits per heavy atom. The van der Waals surface area contributed by atoms with Crippen molar-refractivity contribution in [1.29, 1.82) is 0 Å². The van der Waals surface area contributed by atoms with Crippen molar-refractivity contribution in [3.05, 3.63) is 65.5 Å². The van der Waals surface area contributed by atoms with Gasteiger partial charge in [-0.05, 0) is 48.4 Å². The third kappa shape index (κ3) is 4.37. The average Bonchev–Trinajstić information content (AvgIpc) is 2.48. The number of hydrogen-bond donors (Lipinski definition) is 2. The van der Waals surface area contributed by atoms with Gasteiger partial charge in [0, 0.05) is 12.1 Å². The van der Waals surface area contributed by atoms with Crippen molar-refractivity contribution in [3.8, 4) is 0 Å². The van der Waals surface area contributed by atoms with Crippen LogP contribution in [0.2, 0.25) is 0 Å². The Morgan fingerprint density at radius 3 is 2.18 bits per heavy atom. The van der Waals surface area contributed by atoms with Crippen molar-refractivity contribution in [2.75, 3.05) is 6.54 Å². The van der Waals surface area contributed by atoms with Gasteiger partial charge < -0.3 is 5.32 Å². The number of nitrogens with two attached hydrogens (primary N) is 1. The zero-order valence-electron chi connectivity index (χ0n) is 11.6. The summed E-state index contributed by atoms with van der Waals surface area (Å²) in [7, 11) is -3.76. The molecule has 116 valence electrons. The fraction of sp³-hybridized carbons (Fsp3) is 0.133. The van der Waals surface area contributed by atoms with Crippen LogP contribution in [0.3, 0.4) is 0 Å². The van der Waals surface area contributed by atoms with E-state index in [1.165, 1.54) is 36.4 Å². The van der Waals surface area contributed by atoms with Crippen LogP contribution in [0, 0.1) is 5.82 Å². The van der Waals surface area contributed by atoms with Crippen LogP contribution in [0.4, 0.5) is 4.39 Å². The highest BCUT2D eigenvalue weighted by molar-refractivity contribution is 7.89. The predicted molar refractivity (Wildman–Crippen MR) is 80.3 cm³/mol. The van der Waals surface area contributed by atoms with Gasteiger partial charge in [-0.25, -0.2) is 17.9 Å². The molecular weight excluding hydrogens is 307 g/mol. The SMILES string of the molecule is NS(=O)(=O)c1ccc(C(=O)NCCc2ccc(F)cc2)cc1. The van der Waals surface area contributed by atoms with Crippen LogP contribution in [-0.4, -0.2) is 20.9 Å². The second-order valence-corrected chi connectivity index (χ2v) is 6.26. The molecule has 22 heavy (non-hydrogen) atoms. The van der Waals surface area contributed by atoms with Crippen molar-refractivity contribution in [1.82, 2.24) is 5.32 Å². The number of halogens is 1. The highest BCUT2D eigenvalue weighted by atomic mass is 32.2. The molecule has 0 heterocycles. The van der Waals surface area contributed by atoms with Crippen LogP contribution < -0.4 is 10.5 Å². The monoisotopic (exact) mass is 322 g/mol. The lowest BCUT2D eigenvalue weighted by Gasteiger charge is -2.06. The molecule has 5 nitrogen and oxygen atoms in total. The number of sulfonamides is 1. The molecule has 2 rings (SSSR count). The molecule has 0 aliphatic heterocycles. The number of carbonyl (C=O) groups excluding carboxylic acids is 1. The Balaban J connectivity index is 1.91. The maximum atomic E-state index is 12.8. The van der Waals surface area contributed by atoms with Gasteiger partial charge in [-0.1, -0.05) is 12.1 Å². The summed E-state index contributed by atoms with van der Waals surface area (Å²) in [5.74, 6) is -0.620. The molecule has 0 aliphatic rings. The first kappa shape index (κ1) is 16.1. The molecule has 7 heteroatoms. The first-order chi connectivity index (χ1) is 10.4. The largest absolute Gasteiger partial charge is 0.352 e. The summed E-state index contributed by atoms with van der Waals surface area (Å²) in [6, 6.07) is 11.4. The summed E-state index contributed by atoms with van der Waals surface area (Å²) in [6.07, 6.45) is 0.571. The van der Waals surface area contributed by atoms with Crippen molar-refractivity contribution >= 4 is 15.9 Å². The summed E-state index contributed by atoms with van der Waals surface area (Å²) in [6.45, 7) is 0.390. The molecule has 0 aliphatic carbocycles. The molecular formula is C15H15FN2O3S. The normalized spacial score (nSPS) is 11.2. The molecule has 0 bridgehead atoms. The van der Waals surface area contributed by atoms with E-state index in [0.717, 1.165) is 5.56 Å². The van der Waals surface area contributed by atoms with Crippen molar-refractivity contribution in [2.45, 2.75) is 11.3 Å². The first-order valence-corrected chi connectivity index (χ1v) is 8.06. The number of benzene rings is 2. The molecule has 0 saturated carbocycles. The Hall–Kier alpha value is -2.25. The van der Waals surface area contributed by atoms with E-state index in [0.29, 0.717) is 18.5 Å². The Morgan fingerprint density at radius 2 is 1.64 bits per heavy atom. The maximum Gasteiger partial charge on any atom is 0.251 e. The van der Waals surface area contributed by atoms with Crippen molar-refractivity contribution in [3.63, 3.8) is 0 Å². The van der Waals surface area contributed by atoms with Gasteiger partial charge in [0.15, 0.2) is 0 Å². The van der Waals surface area contributed by atoms with E-state index >= 15 is 0 Å². The molecule has 1 amide bonds.